The van der Waals surface area contributed by atoms with Gasteiger partial charge in [-0.15, -0.1) is 0 Å². The van der Waals surface area contributed by atoms with E-state index in [0.717, 1.165) is 0 Å². The van der Waals surface area contributed by atoms with Crippen molar-refractivity contribution >= 4 is 0 Å². The van der Waals surface area contributed by atoms with Crippen molar-refractivity contribution in [1.29, 1.82) is 0 Å². The molecule has 1 aromatic heterocycles. The summed E-state index contributed by atoms with van der Waals surface area (Å²) in [6, 6.07) is 0. The Morgan fingerprint density at radius 2 is 2.09 bits per heavy atom. The molecule has 0 radical (unpaired) electrons. The second kappa shape index (κ2) is 7.88. The molecule has 1 aliphatic rings. The number of rotatable bonds is 5. The third kappa shape index (κ3) is 4.86. The fraction of sp³-hybridized carbons (Fsp3) is 0.714. The van der Waals surface area contributed by atoms with Crippen LogP contribution in [0.5, 0.6) is 0 Å². The van der Waals surface area contributed by atoms with Crippen molar-refractivity contribution < 1.29 is 43.4 Å². The molecule has 3 atom stereocenters. The first-order chi connectivity index (χ1) is 10.2. The Bertz CT molecular complexity index is 642. The van der Waals surface area contributed by atoms with Gasteiger partial charge in [0.05, 0.1) is 26.8 Å². The number of halogens is 1. The van der Waals surface area contributed by atoms with E-state index in [1.54, 1.807) is 6.92 Å². The third-order valence-corrected chi connectivity index (χ3v) is 4.04. The summed E-state index contributed by atoms with van der Waals surface area (Å²) in [5, 5.41) is 19.2. The second-order valence-electron chi connectivity index (χ2n) is 6.48. The van der Waals surface area contributed by atoms with E-state index >= 15 is 0 Å². The molecular formula is C14H24IN3O5. The Morgan fingerprint density at radius 3 is 2.70 bits per heavy atom. The molecule has 0 saturated carbocycles. The summed E-state index contributed by atoms with van der Waals surface area (Å²) in [4.78, 5) is 25.5. The lowest BCUT2D eigenvalue weighted by Crippen LogP contribution is -3.00. The van der Waals surface area contributed by atoms with E-state index < -0.39 is 29.7 Å². The van der Waals surface area contributed by atoms with Crippen LogP contribution in [0.3, 0.4) is 0 Å². The van der Waals surface area contributed by atoms with Gasteiger partial charge in [0.25, 0.3) is 5.56 Å². The van der Waals surface area contributed by atoms with Crippen LogP contribution in [0.25, 0.3) is 0 Å². The lowest BCUT2D eigenvalue weighted by molar-refractivity contribution is -0.894. The van der Waals surface area contributed by atoms with Crippen LogP contribution >= 0.6 is 0 Å². The molecule has 9 heteroatoms. The van der Waals surface area contributed by atoms with E-state index in [0.29, 0.717) is 23.1 Å². The quantitative estimate of drug-likeness (QED) is 0.316. The minimum Gasteiger partial charge on any atom is -1.00 e. The van der Waals surface area contributed by atoms with Crippen LogP contribution in [-0.4, -0.2) is 70.2 Å². The minimum absolute atomic E-state index is 0. The number of aliphatic hydroxyl groups is 2. The van der Waals surface area contributed by atoms with E-state index in [9.17, 15) is 14.7 Å². The van der Waals surface area contributed by atoms with Crippen molar-refractivity contribution in [3.63, 3.8) is 0 Å². The first kappa shape index (κ1) is 20.3. The summed E-state index contributed by atoms with van der Waals surface area (Å²) >= 11 is 0. The minimum atomic E-state index is -0.694. The summed E-state index contributed by atoms with van der Waals surface area (Å²) in [5.74, 6) is 0. The number of H-pyrrole nitrogens is 1. The summed E-state index contributed by atoms with van der Waals surface area (Å²) in [6.07, 6.45) is 0.0206. The molecule has 1 unspecified atom stereocenters. The summed E-state index contributed by atoms with van der Waals surface area (Å²) in [7, 11) is 3.88. The largest absolute Gasteiger partial charge is 1.00 e. The molecule has 132 valence electrons. The SMILES string of the molecule is Cc1cn([C@H]2CC(O)[C@@H](C[N+](C)(C)CCO)O2)c(=O)[nH]c1=O.[I-]. The Kier molecular flexibility index (Phi) is 6.95. The molecule has 1 fully saturated rings. The number of ether oxygens (including phenoxy) is 1. The zero-order chi connectivity index (χ0) is 16.5. The number of aromatic amines is 1. The normalized spacial score (nSPS) is 24.5. The van der Waals surface area contributed by atoms with Gasteiger partial charge >= 0.3 is 5.69 Å². The van der Waals surface area contributed by atoms with E-state index in [1.807, 2.05) is 14.1 Å². The second-order valence-corrected chi connectivity index (χ2v) is 6.48. The fourth-order valence-corrected chi connectivity index (χ4v) is 2.70. The number of aromatic nitrogens is 2. The first-order valence-electron chi connectivity index (χ1n) is 7.32. The van der Waals surface area contributed by atoms with E-state index in [1.165, 1.54) is 10.8 Å². The topological polar surface area (TPSA) is 105 Å². The molecule has 1 aliphatic heterocycles. The molecule has 8 nitrogen and oxygen atoms in total. The highest BCUT2D eigenvalue weighted by molar-refractivity contribution is 5.02. The van der Waals surface area contributed by atoms with Gasteiger partial charge in [-0.1, -0.05) is 0 Å². The predicted octanol–water partition coefficient (Wildman–Crippen LogP) is -4.43. The van der Waals surface area contributed by atoms with Gasteiger partial charge in [-0.05, 0) is 6.92 Å². The molecule has 2 heterocycles. The summed E-state index contributed by atoms with van der Waals surface area (Å²) in [5.41, 5.74) is -0.549. The van der Waals surface area contributed by atoms with Crippen molar-refractivity contribution in [3.05, 3.63) is 32.6 Å². The van der Waals surface area contributed by atoms with Gasteiger partial charge in [0.1, 0.15) is 25.4 Å². The monoisotopic (exact) mass is 441 g/mol. The molecular weight excluding hydrogens is 417 g/mol. The van der Waals surface area contributed by atoms with Gasteiger partial charge in [-0.3, -0.25) is 14.3 Å². The number of nitrogens with one attached hydrogen (secondary N) is 1. The zero-order valence-corrected chi connectivity index (χ0v) is 15.7. The maximum atomic E-state index is 11.9. The molecule has 23 heavy (non-hydrogen) atoms. The van der Waals surface area contributed by atoms with Crippen LogP contribution in [0.1, 0.15) is 18.2 Å². The number of aryl methyl sites for hydroxylation is 1. The Hall–Kier alpha value is -0.750. The van der Waals surface area contributed by atoms with Crippen LogP contribution in [0.4, 0.5) is 0 Å². The van der Waals surface area contributed by atoms with Crippen LogP contribution in [0.2, 0.25) is 0 Å². The third-order valence-electron chi connectivity index (χ3n) is 4.04. The van der Waals surface area contributed by atoms with Crippen molar-refractivity contribution in [2.24, 2.45) is 0 Å². The number of likely N-dealkylation sites (N-methyl/N-ethyl adjacent to an activating group) is 1. The smallest absolute Gasteiger partial charge is 0.330 e. The molecule has 1 saturated heterocycles. The van der Waals surface area contributed by atoms with E-state index in [-0.39, 0.29) is 37.0 Å². The maximum absolute atomic E-state index is 11.9. The van der Waals surface area contributed by atoms with Gasteiger partial charge in [0, 0.05) is 18.2 Å². The van der Waals surface area contributed by atoms with Crippen molar-refractivity contribution in [2.75, 3.05) is 33.8 Å². The summed E-state index contributed by atoms with van der Waals surface area (Å²) < 4.78 is 7.63. The highest BCUT2D eigenvalue weighted by Gasteiger charge is 2.39. The maximum Gasteiger partial charge on any atom is 0.330 e. The summed E-state index contributed by atoms with van der Waals surface area (Å²) in [6.45, 7) is 2.74. The lowest BCUT2D eigenvalue weighted by Gasteiger charge is -2.32. The van der Waals surface area contributed by atoms with Gasteiger partial charge < -0.3 is 43.4 Å². The standard InChI is InChI=1S/C14H23N3O5.HI/c1-9-7-16(14(21)15-13(9)20)12-6-10(19)11(22-12)8-17(2,3)4-5-18;/h7,10-12,18-19H,4-6,8H2,1-3H3;1H/t10?,11-,12-;/m1./s1. The van der Waals surface area contributed by atoms with Gasteiger partial charge in [-0.25, -0.2) is 4.79 Å². The molecule has 0 spiro atoms. The molecule has 1 aromatic rings. The molecule has 3 N–H and O–H groups in total. The van der Waals surface area contributed by atoms with Crippen molar-refractivity contribution in [2.45, 2.75) is 31.8 Å². The van der Waals surface area contributed by atoms with Crippen LogP contribution < -0.4 is 35.2 Å². The van der Waals surface area contributed by atoms with E-state index in [4.69, 9.17) is 9.84 Å². The number of hydrogen-bond acceptors (Lipinski definition) is 5. The predicted molar refractivity (Wildman–Crippen MR) is 79.5 cm³/mol. The highest BCUT2D eigenvalue weighted by atomic mass is 127. The first-order valence-corrected chi connectivity index (χ1v) is 7.32. The van der Waals surface area contributed by atoms with Crippen LogP contribution in [0.15, 0.2) is 15.8 Å². The average molecular weight is 441 g/mol. The number of hydrogen-bond donors (Lipinski definition) is 3. The Morgan fingerprint density at radius 1 is 1.43 bits per heavy atom. The zero-order valence-electron chi connectivity index (χ0n) is 13.5. The van der Waals surface area contributed by atoms with Gasteiger partial charge in [0.2, 0.25) is 0 Å². The molecule has 0 amide bonds. The number of quaternary nitrogens is 1. The fourth-order valence-electron chi connectivity index (χ4n) is 2.70. The Labute approximate surface area is 151 Å². The molecule has 2 rings (SSSR count). The molecule has 0 aliphatic carbocycles. The Balaban J connectivity index is 0.00000264. The van der Waals surface area contributed by atoms with Crippen LogP contribution in [-0.2, 0) is 4.74 Å². The van der Waals surface area contributed by atoms with E-state index in [2.05, 4.69) is 4.98 Å². The van der Waals surface area contributed by atoms with Crippen molar-refractivity contribution in [3.8, 4) is 0 Å². The van der Waals surface area contributed by atoms with Gasteiger partial charge in [-0.2, -0.15) is 0 Å². The average Bonchev–Trinajstić information content (AvgIpc) is 2.74. The molecule has 0 aromatic carbocycles. The lowest BCUT2D eigenvalue weighted by atomic mass is 10.1. The van der Waals surface area contributed by atoms with Gasteiger partial charge in [0.15, 0.2) is 0 Å². The highest BCUT2D eigenvalue weighted by Crippen LogP contribution is 2.28. The van der Waals surface area contributed by atoms with Crippen molar-refractivity contribution in [1.82, 2.24) is 9.55 Å². The van der Waals surface area contributed by atoms with Crippen LogP contribution in [0, 0.1) is 6.92 Å². The number of aliphatic hydroxyl groups excluding tert-OH is 2. The number of nitrogens with zero attached hydrogens (tertiary/aromatic N) is 2. The molecule has 0 bridgehead atoms.